The van der Waals surface area contributed by atoms with Crippen molar-refractivity contribution in [3.8, 4) is 17.2 Å². The van der Waals surface area contributed by atoms with Crippen LogP contribution in [0, 0.1) is 12.8 Å². The largest absolute Gasteiger partial charge is 0.507 e. The van der Waals surface area contributed by atoms with Crippen LogP contribution in [0.1, 0.15) is 63.2 Å². The number of rotatable bonds is 3. The molecule has 0 radical (unpaired) electrons. The number of carbonyl (C=O) groups is 2. The van der Waals surface area contributed by atoms with Gasteiger partial charge in [-0.05, 0) is 31.7 Å². The smallest absolute Gasteiger partial charge is 0.198 e. The van der Waals surface area contributed by atoms with E-state index in [9.17, 15) is 24.9 Å². The van der Waals surface area contributed by atoms with Crippen LogP contribution in [0.25, 0.3) is 0 Å². The maximum absolute atomic E-state index is 13.0. The quantitative estimate of drug-likeness (QED) is 0.678. The lowest BCUT2D eigenvalue weighted by Crippen LogP contribution is -2.23. The normalized spacial score (nSPS) is 13.1. The van der Waals surface area contributed by atoms with Crippen molar-refractivity contribution in [3.05, 3.63) is 51.6 Å². The van der Waals surface area contributed by atoms with E-state index in [1.54, 1.807) is 0 Å². The van der Waals surface area contributed by atoms with Gasteiger partial charge in [0.05, 0.1) is 11.1 Å². The molecule has 1 aliphatic rings. The molecule has 5 heteroatoms. The number of ketones is 2. The summed E-state index contributed by atoms with van der Waals surface area (Å²) in [7, 11) is 0. The van der Waals surface area contributed by atoms with Crippen LogP contribution in [0.2, 0.25) is 0 Å². The van der Waals surface area contributed by atoms with Crippen LogP contribution < -0.4 is 0 Å². The summed E-state index contributed by atoms with van der Waals surface area (Å²) < 4.78 is 0. The van der Waals surface area contributed by atoms with Crippen molar-refractivity contribution in [2.75, 3.05) is 0 Å². The number of phenolic OH excluding ortho intramolecular Hbond substituents is 3. The molecular weight excluding hydrogens is 320 g/mol. The summed E-state index contributed by atoms with van der Waals surface area (Å²) >= 11 is 0. The third-order valence-corrected chi connectivity index (χ3v) is 4.72. The van der Waals surface area contributed by atoms with Gasteiger partial charge < -0.3 is 15.3 Å². The van der Waals surface area contributed by atoms with Gasteiger partial charge in [0, 0.05) is 22.3 Å². The summed E-state index contributed by atoms with van der Waals surface area (Å²) in [6.07, 6.45) is 1.11. The van der Waals surface area contributed by atoms with Crippen LogP contribution in [-0.2, 0) is 6.42 Å². The van der Waals surface area contributed by atoms with Crippen LogP contribution in [0.3, 0.4) is 0 Å². The predicted octanol–water partition coefficient (Wildman–Crippen LogP) is 3.48. The summed E-state index contributed by atoms with van der Waals surface area (Å²) in [5.74, 6) is -1.57. The van der Waals surface area contributed by atoms with E-state index in [2.05, 4.69) is 0 Å². The number of hydrogen-bond acceptors (Lipinski definition) is 5. The van der Waals surface area contributed by atoms with E-state index in [0.29, 0.717) is 24.3 Å². The Labute approximate surface area is 145 Å². The fraction of sp³-hybridized carbons (Fsp3) is 0.300. The van der Waals surface area contributed by atoms with Gasteiger partial charge in [-0.1, -0.05) is 26.0 Å². The lowest BCUT2D eigenvalue weighted by Gasteiger charge is -2.24. The molecule has 0 saturated heterocycles. The highest BCUT2D eigenvalue weighted by Crippen LogP contribution is 2.44. The number of phenols is 3. The molecule has 0 saturated carbocycles. The van der Waals surface area contributed by atoms with Crippen molar-refractivity contribution in [3.63, 3.8) is 0 Å². The van der Waals surface area contributed by atoms with Crippen molar-refractivity contribution in [1.82, 2.24) is 0 Å². The molecule has 25 heavy (non-hydrogen) atoms. The van der Waals surface area contributed by atoms with Crippen LogP contribution in [-0.4, -0.2) is 26.9 Å². The van der Waals surface area contributed by atoms with Crippen molar-refractivity contribution >= 4 is 11.6 Å². The first-order chi connectivity index (χ1) is 11.8. The molecule has 5 nitrogen and oxygen atoms in total. The molecule has 3 N–H and O–H groups in total. The Morgan fingerprint density at radius 2 is 1.60 bits per heavy atom. The SMILES string of the molecule is Cc1c(O)c(CCC(C)C)c2c(c1O)C(=O)c1cccc(O)c1C2=O. The standard InChI is InChI=1S/C20H20O5/c1-9(2)7-8-12-15-16(18(23)10(3)17(12)22)19(24)11-5-4-6-13(21)14(11)20(15)25/h4-6,9,21-23H,7-8H2,1-3H3. The molecule has 130 valence electrons. The summed E-state index contributed by atoms with van der Waals surface area (Å²) in [5.41, 5.74) is 0.437. The van der Waals surface area contributed by atoms with Gasteiger partial charge in [0.15, 0.2) is 11.6 Å². The molecule has 0 unspecified atom stereocenters. The van der Waals surface area contributed by atoms with Gasteiger partial charge in [-0.3, -0.25) is 9.59 Å². The Morgan fingerprint density at radius 1 is 0.920 bits per heavy atom. The number of fused-ring (bicyclic) bond motifs is 2. The fourth-order valence-corrected chi connectivity index (χ4v) is 3.29. The topological polar surface area (TPSA) is 94.8 Å². The lowest BCUT2D eigenvalue weighted by molar-refractivity contribution is 0.0973. The molecular formula is C20H20O5. The highest BCUT2D eigenvalue weighted by atomic mass is 16.3. The maximum Gasteiger partial charge on any atom is 0.198 e. The molecule has 0 aromatic heterocycles. The average Bonchev–Trinajstić information content (AvgIpc) is 2.56. The summed E-state index contributed by atoms with van der Waals surface area (Å²) in [4.78, 5) is 25.9. The van der Waals surface area contributed by atoms with Crippen LogP contribution >= 0.6 is 0 Å². The number of benzene rings is 2. The van der Waals surface area contributed by atoms with Crippen molar-refractivity contribution in [2.45, 2.75) is 33.6 Å². The highest BCUT2D eigenvalue weighted by molar-refractivity contribution is 6.31. The van der Waals surface area contributed by atoms with E-state index in [0.717, 1.165) is 0 Å². The van der Waals surface area contributed by atoms with Crippen LogP contribution in [0.5, 0.6) is 17.2 Å². The van der Waals surface area contributed by atoms with E-state index >= 15 is 0 Å². The minimum atomic E-state index is -0.549. The zero-order chi connectivity index (χ0) is 18.5. The molecule has 0 spiro atoms. The van der Waals surface area contributed by atoms with Gasteiger partial charge in [-0.2, -0.15) is 0 Å². The monoisotopic (exact) mass is 340 g/mol. The fourth-order valence-electron chi connectivity index (χ4n) is 3.29. The zero-order valence-electron chi connectivity index (χ0n) is 14.4. The molecule has 3 rings (SSSR count). The first-order valence-electron chi connectivity index (χ1n) is 8.24. The molecule has 0 heterocycles. The second kappa shape index (κ2) is 5.92. The molecule has 1 aliphatic carbocycles. The summed E-state index contributed by atoms with van der Waals surface area (Å²) in [6, 6.07) is 4.28. The Bertz CT molecular complexity index is 909. The molecule has 0 aliphatic heterocycles. The van der Waals surface area contributed by atoms with Crippen LogP contribution in [0.15, 0.2) is 18.2 Å². The number of carbonyl (C=O) groups excluding carboxylic acids is 2. The Kier molecular flexibility index (Phi) is 4.03. The van der Waals surface area contributed by atoms with Crippen molar-refractivity contribution < 1.29 is 24.9 Å². The molecule has 2 aromatic rings. The van der Waals surface area contributed by atoms with Gasteiger partial charge >= 0.3 is 0 Å². The van der Waals surface area contributed by atoms with Gasteiger partial charge in [0.1, 0.15) is 17.2 Å². The average molecular weight is 340 g/mol. The zero-order valence-corrected chi connectivity index (χ0v) is 14.4. The van der Waals surface area contributed by atoms with Gasteiger partial charge in [0.2, 0.25) is 0 Å². The van der Waals surface area contributed by atoms with E-state index in [-0.39, 0.29) is 45.1 Å². The molecule has 0 amide bonds. The summed E-state index contributed by atoms with van der Waals surface area (Å²) in [5, 5.41) is 31.0. The van der Waals surface area contributed by atoms with E-state index in [4.69, 9.17) is 0 Å². The minimum absolute atomic E-state index is 0.000231. The Hall–Kier alpha value is -2.82. The Morgan fingerprint density at radius 3 is 2.24 bits per heavy atom. The predicted molar refractivity (Wildman–Crippen MR) is 92.6 cm³/mol. The first kappa shape index (κ1) is 17.0. The van der Waals surface area contributed by atoms with E-state index < -0.39 is 11.6 Å². The maximum atomic E-state index is 13.0. The second-order valence-electron chi connectivity index (χ2n) is 6.84. The molecule has 2 aromatic carbocycles. The van der Waals surface area contributed by atoms with E-state index in [1.165, 1.54) is 25.1 Å². The Balaban J connectivity index is 2.34. The van der Waals surface area contributed by atoms with Gasteiger partial charge in [-0.15, -0.1) is 0 Å². The second-order valence-corrected chi connectivity index (χ2v) is 6.84. The van der Waals surface area contributed by atoms with E-state index in [1.807, 2.05) is 13.8 Å². The molecule has 0 fully saturated rings. The number of hydrogen-bond donors (Lipinski definition) is 3. The first-order valence-corrected chi connectivity index (χ1v) is 8.24. The number of aromatic hydroxyl groups is 3. The summed E-state index contributed by atoms with van der Waals surface area (Å²) in [6.45, 7) is 5.55. The molecule has 0 atom stereocenters. The highest BCUT2D eigenvalue weighted by Gasteiger charge is 2.38. The lowest BCUT2D eigenvalue weighted by atomic mass is 9.78. The third-order valence-electron chi connectivity index (χ3n) is 4.72. The third kappa shape index (κ3) is 2.47. The van der Waals surface area contributed by atoms with Gasteiger partial charge in [-0.25, -0.2) is 0 Å². The minimum Gasteiger partial charge on any atom is -0.507 e. The van der Waals surface area contributed by atoms with Crippen LogP contribution in [0.4, 0.5) is 0 Å². The van der Waals surface area contributed by atoms with Crippen molar-refractivity contribution in [1.29, 1.82) is 0 Å². The molecule has 0 bridgehead atoms. The van der Waals surface area contributed by atoms with Gasteiger partial charge in [0.25, 0.3) is 0 Å². The van der Waals surface area contributed by atoms with Crippen molar-refractivity contribution in [2.24, 2.45) is 5.92 Å².